The Bertz CT molecular complexity index is 792. The maximum Gasteiger partial charge on any atom is 0.198 e. The van der Waals surface area contributed by atoms with Gasteiger partial charge in [0, 0.05) is 18.2 Å². The van der Waals surface area contributed by atoms with Crippen LogP contribution in [0.2, 0.25) is 0 Å². The molecule has 1 N–H and O–H groups in total. The monoisotopic (exact) mass is 282 g/mol. The Morgan fingerprint density at radius 1 is 1.19 bits per heavy atom. The largest absolute Gasteiger partial charge is 0.440 e. The zero-order valence-electron chi connectivity index (χ0n) is 11.5. The number of nitrogens with one attached hydrogen (secondary N) is 1. The summed E-state index contributed by atoms with van der Waals surface area (Å²) in [6, 6.07) is 12.5. The average molecular weight is 282 g/mol. The predicted octanol–water partition coefficient (Wildman–Crippen LogP) is 4.46. The van der Waals surface area contributed by atoms with Crippen LogP contribution < -0.4 is 5.32 Å². The molecular formula is C17H15FN2O. The number of benzene rings is 2. The van der Waals surface area contributed by atoms with Gasteiger partial charge in [-0.3, -0.25) is 0 Å². The van der Waals surface area contributed by atoms with Crippen molar-refractivity contribution in [3.05, 3.63) is 59.7 Å². The van der Waals surface area contributed by atoms with Gasteiger partial charge in [0.25, 0.3) is 0 Å². The van der Waals surface area contributed by atoms with Gasteiger partial charge in [-0.05, 0) is 48.7 Å². The van der Waals surface area contributed by atoms with Crippen LogP contribution in [-0.2, 0) is 6.54 Å². The number of oxazole rings is 1. The molecule has 1 saturated carbocycles. The van der Waals surface area contributed by atoms with Crippen LogP contribution >= 0.6 is 0 Å². The lowest BCUT2D eigenvalue weighted by Crippen LogP contribution is -1.99. The van der Waals surface area contributed by atoms with E-state index in [9.17, 15) is 4.39 Å². The summed E-state index contributed by atoms with van der Waals surface area (Å²) in [4.78, 5) is 4.54. The van der Waals surface area contributed by atoms with Gasteiger partial charge in [-0.15, -0.1) is 0 Å². The lowest BCUT2D eigenvalue weighted by molar-refractivity contribution is 0.533. The van der Waals surface area contributed by atoms with Crippen LogP contribution in [0.4, 0.5) is 10.1 Å². The molecule has 1 aliphatic carbocycles. The molecule has 0 radical (unpaired) electrons. The van der Waals surface area contributed by atoms with E-state index in [0.717, 1.165) is 28.2 Å². The minimum absolute atomic E-state index is 0.213. The van der Waals surface area contributed by atoms with Crippen LogP contribution in [0.15, 0.2) is 46.9 Å². The van der Waals surface area contributed by atoms with Crippen LogP contribution in [-0.4, -0.2) is 4.98 Å². The first-order chi connectivity index (χ1) is 10.3. The topological polar surface area (TPSA) is 38.1 Å². The molecule has 4 heteroatoms. The van der Waals surface area contributed by atoms with Gasteiger partial charge >= 0.3 is 0 Å². The van der Waals surface area contributed by atoms with Crippen molar-refractivity contribution in [3.63, 3.8) is 0 Å². The van der Waals surface area contributed by atoms with E-state index in [-0.39, 0.29) is 5.82 Å². The Morgan fingerprint density at radius 3 is 2.90 bits per heavy atom. The highest BCUT2D eigenvalue weighted by atomic mass is 19.1. The van der Waals surface area contributed by atoms with E-state index in [4.69, 9.17) is 4.42 Å². The first-order valence-corrected chi connectivity index (χ1v) is 7.17. The second-order valence-corrected chi connectivity index (χ2v) is 5.49. The Balaban J connectivity index is 1.53. The summed E-state index contributed by atoms with van der Waals surface area (Å²) >= 11 is 0. The van der Waals surface area contributed by atoms with Gasteiger partial charge in [0.05, 0.1) is 0 Å². The molecule has 1 aliphatic rings. The number of aromatic nitrogens is 1. The summed E-state index contributed by atoms with van der Waals surface area (Å²) in [6.45, 7) is 0.580. The first kappa shape index (κ1) is 12.4. The van der Waals surface area contributed by atoms with Gasteiger partial charge in [-0.1, -0.05) is 12.1 Å². The second-order valence-electron chi connectivity index (χ2n) is 5.49. The molecule has 0 aliphatic heterocycles. The molecule has 0 spiro atoms. The Morgan fingerprint density at radius 2 is 2.10 bits per heavy atom. The molecule has 0 unspecified atom stereocenters. The molecule has 3 nitrogen and oxygen atoms in total. The fourth-order valence-electron chi connectivity index (χ4n) is 2.41. The van der Waals surface area contributed by atoms with E-state index in [2.05, 4.69) is 10.3 Å². The molecule has 106 valence electrons. The minimum Gasteiger partial charge on any atom is -0.440 e. The van der Waals surface area contributed by atoms with E-state index in [1.807, 2.05) is 24.3 Å². The van der Waals surface area contributed by atoms with Gasteiger partial charge in [0.2, 0.25) is 0 Å². The van der Waals surface area contributed by atoms with Crippen LogP contribution in [0.5, 0.6) is 0 Å². The van der Waals surface area contributed by atoms with Gasteiger partial charge in [-0.2, -0.15) is 0 Å². The molecule has 4 rings (SSSR count). The molecule has 0 amide bonds. The number of fused-ring (bicyclic) bond motifs is 1. The van der Waals surface area contributed by atoms with Gasteiger partial charge in [0.15, 0.2) is 11.5 Å². The number of rotatable bonds is 4. The Kier molecular flexibility index (Phi) is 2.88. The fourth-order valence-corrected chi connectivity index (χ4v) is 2.41. The van der Waals surface area contributed by atoms with Crippen LogP contribution in [0, 0.1) is 5.82 Å². The van der Waals surface area contributed by atoms with Crippen molar-refractivity contribution < 1.29 is 8.81 Å². The van der Waals surface area contributed by atoms with Crippen LogP contribution in [0.3, 0.4) is 0 Å². The predicted molar refractivity (Wildman–Crippen MR) is 79.7 cm³/mol. The van der Waals surface area contributed by atoms with Crippen molar-refractivity contribution in [1.82, 2.24) is 4.98 Å². The van der Waals surface area contributed by atoms with E-state index in [1.165, 1.54) is 25.0 Å². The number of hydrogen-bond acceptors (Lipinski definition) is 3. The number of hydrogen-bond donors (Lipinski definition) is 1. The lowest BCUT2D eigenvalue weighted by Gasteiger charge is -2.06. The molecule has 1 aromatic heterocycles. The summed E-state index contributed by atoms with van der Waals surface area (Å²) < 4.78 is 18.9. The maximum absolute atomic E-state index is 13.1. The lowest BCUT2D eigenvalue weighted by atomic mass is 10.2. The normalized spacial score (nSPS) is 14.5. The average Bonchev–Trinajstić information content (AvgIpc) is 3.25. The van der Waals surface area contributed by atoms with Crippen molar-refractivity contribution in [1.29, 1.82) is 0 Å². The van der Waals surface area contributed by atoms with E-state index >= 15 is 0 Å². The fraction of sp³-hybridized carbons (Fsp3) is 0.235. The van der Waals surface area contributed by atoms with Gasteiger partial charge in [0.1, 0.15) is 11.3 Å². The zero-order valence-corrected chi connectivity index (χ0v) is 11.5. The summed E-state index contributed by atoms with van der Waals surface area (Å²) in [7, 11) is 0. The van der Waals surface area contributed by atoms with Crippen molar-refractivity contribution in [2.24, 2.45) is 0 Å². The van der Waals surface area contributed by atoms with Crippen molar-refractivity contribution >= 4 is 16.8 Å². The number of anilines is 1. The highest BCUT2D eigenvalue weighted by Gasteiger charge is 2.28. The van der Waals surface area contributed by atoms with E-state index < -0.39 is 0 Å². The summed E-state index contributed by atoms with van der Waals surface area (Å²) in [5, 5.41) is 3.29. The van der Waals surface area contributed by atoms with Crippen LogP contribution in [0.1, 0.15) is 30.2 Å². The van der Waals surface area contributed by atoms with Gasteiger partial charge in [-0.25, -0.2) is 9.37 Å². The molecule has 0 saturated heterocycles. The zero-order chi connectivity index (χ0) is 14.2. The number of nitrogens with zero attached hydrogens (tertiary/aromatic N) is 1. The first-order valence-electron chi connectivity index (χ1n) is 7.17. The maximum atomic E-state index is 13.1. The molecule has 0 atom stereocenters. The molecule has 21 heavy (non-hydrogen) atoms. The van der Waals surface area contributed by atoms with Gasteiger partial charge < -0.3 is 9.73 Å². The summed E-state index contributed by atoms with van der Waals surface area (Å²) in [5.74, 6) is 1.16. The third-order valence-electron chi connectivity index (χ3n) is 3.72. The highest BCUT2D eigenvalue weighted by molar-refractivity contribution is 5.77. The minimum atomic E-state index is -0.213. The standard InChI is InChI=1S/C17H15FN2O/c18-13-3-1-2-11(8-13)10-19-14-6-7-16-15(9-14)20-17(21-16)12-4-5-12/h1-3,6-9,12,19H,4-5,10H2. The summed E-state index contributed by atoms with van der Waals surface area (Å²) in [5.41, 5.74) is 3.57. The second kappa shape index (κ2) is 4.88. The molecule has 2 aromatic carbocycles. The highest BCUT2D eigenvalue weighted by Crippen LogP contribution is 2.40. The van der Waals surface area contributed by atoms with Crippen molar-refractivity contribution in [3.8, 4) is 0 Å². The third-order valence-corrected chi connectivity index (χ3v) is 3.72. The Labute approximate surface area is 121 Å². The van der Waals surface area contributed by atoms with Crippen molar-refractivity contribution in [2.45, 2.75) is 25.3 Å². The SMILES string of the molecule is Fc1cccc(CNc2ccc3oc(C4CC4)nc3c2)c1. The quantitative estimate of drug-likeness (QED) is 0.768. The molecule has 3 aromatic rings. The summed E-state index contributed by atoms with van der Waals surface area (Å²) in [6.07, 6.45) is 2.36. The molecule has 1 fully saturated rings. The smallest absolute Gasteiger partial charge is 0.198 e. The van der Waals surface area contributed by atoms with Crippen molar-refractivity contribution in [2.75, 3.05) is 5.32 Å². The number of halogens is 1. The Hall–Kier alpha value is -2.36. The molecular weight excluding hydrogens is 267 g/mol. The van der Waals surface area contributed by atoms with E-state index in [1.54, 1.807) is 6.07 Å². The van der Waals surface area contributed by atoms with E-state index in [0.29, 0.717) is 12.5 Å². The van der Waals surface area contributed by atoms with Crippen LogP contribution in [0.25, 0.3) is 11.1 Å². The third kappa shape index (κ3) is 2.61. The molecule has 1 heterocycles. The molecule has 0 bridgehead atoms.